The lowest BCUT2D eigenvalue weighted by atomic mass is 10.2. The van der Waals surface area contributed by atoms with Gasteiger partial charge in [0.05, 0.1) is 17.6 Å². The SMILES string of the molecule is COC(=O)c1ccc(Sc2ccc(Cl)cc2)c(O)c1. The maximum Gasteiger partial charge on any atom is 0.337 e. The zero-order chi connectivity index (χ0) is 13.8. The first kappa shape index (κ1) is 13.8. The Balaban J connectivity index is 2.22. The van der Waals surface area contributed by atoms with Crippen LogP contribution >= 0.6 is 23.4 Å². The summed E-state index contributed by atoms with van der Waals surface area (Å²) in [5.41, 5.74) is 0.320. The van der Waals surface area contributed by atoms with Crippen LogP contribution < -0.4 is 0 Å². The Hall–Kier alpha value is -1.65. The number of phenolic OH excluding ortho intramolecular Hbond substituents is 1. The fourth-order valence-electron chi connectivity index (χ4n) is 1.48. The molecule has 1 N–H and O–H groups in total. The summed E-state index contributed by atoms with van der Waals surface area (Å²) in [6, 6.07) is 12.0. The summed E-state index contributed by atoms with van der Waals surface area (Å²) in [7, 11) is 1.30. The molecule has 19 heavy (non-hydrogen) atoms. The van der Waals surface area contributed by atoms with Gasteiger partial charge in [-0.2, -0.15) is 0 Å². The predicted molar refractivity (Wildman–Crippen MR) is 75.0 cm³/mol. The van der Waals surface area contributed by atoms with Crippen LogP contribution in [0.4, 0.5) is 0 Å². The molecule has 0 aliphatic heterocycles. The topological polar surface area (TPSA) is 46.5 Å². The first-order valence-corrected chi connectivity index (χ1v) is 6.64. The highest BCUT2D eigenvalue weighted by molar-refractivity contribution is 7.99. The van der Waals surface area contributed by atoms with E-state index in [9.17, 15) is 9.90 Å². The zero-order valence-electron chi connectivity index (χ0n) is 10.1. The molecule has 0 amide bonds. The molecule has 98 valence electrons. The van der Waals surface area contributed by atoms with Crippen LogP contribution in [0.15, 0.2) is 52.3 Å². The molecule has 0 atom stereocenters. The molecule has 0 radical (unpaired) electrons. The summed E-state index contributed by atoms with van der Waals surface area (Å²) >= 11 is 7.20. The molecule has 0 aromatic heterocycles. The third-order valence-electron chi connectivity index (χ3n) is 2.42. The van der Waals surface area contributed by atoms with Crippen molar-refractivity contribution in [3.63, 3.8) is 0 Å². The highest BCUT2D eigenvalue weighted by atomic mass is 35.5. The number of esters is 1. The predicted octanol–water partition coefficient (Wildman–Crippen LogP) is 3.98. The fourth-order valence-corrected chi connectivity index (χ4v) is 2.43. The molecular formula is C14H11ClO3S. The van der Waals surface area contributed by atoms with Crippen molar-refractivity contribution in [3.05, 3.63) is 53.1 Å². The molecule has 3 nitrogen and oxygen atoms in total. The number of carbonyl (C=O) groups excluding carboxylic acids is 1. The molecule has 0 bridgehead atoms. The van der Waals surface area contributed by atoms with Gasteiger partial charge in [0.25, 0.3) is 0 Å². The van der Waals surface area contributed by atoms with Crippen LogP contribution in [-0.4, -0.2) is 18.2 Å². The standard InChI is InChI=1S/C14H11ClO3S/c1-18-14(17)9-2-7-13(12(16)8-9)19-11-5-3-10(15)4-6-11/h2-8,16H,1H3. The maximum atomic E-state index is 11.3. The lowest BCUT2D eigenvalue weighted by Gasteiger charge is -2.06. The maximum absolute atomic E-state index is 11.3. The largest absolute Gasteiger partial charge is 0.507 e. The Morgan fingerprint density at radius 3 is 2.47 bits per heavy atom. The van der Waals surface area contributed by atoms with E-state index in [4.69, 9.17) is 11.6 Å². The van der Waals surface area contributed by atoms with Gasteiger partial charge in [0.15, 0.2) is 0 Å². The minimum absolute atomic E-state index is 0.0443. The van der Waals surface area contributed by atoms with Crippen LogP contribution in [0.25, 0.3) is 0 Å². The van der Waals surface area contributed by atoms with Crippen molar-refractivity contribution in [2.45, 2.75) is 9.79 Å². The van der Waals surface area contributed by atoms with Gasteiger partial charge in [0.1, 0.15) is 5.75 Å². The first-order chi connectivity index (χ1) is 9.10. The fraction of sp³-hybridized carbons (Fsp3) is 0.0714. The number of hydrogen-bond donors (Lipinski definition) is 1. The first-order valence-electron chi connectivity index (χ1n) is 5.45. The molecule has 0 heterocycles. The van der Waals surface area contributed by atoms with Gasteiger partial charge in [-0.1, -0.05) is 23.4 Å². The molecule has 0 saturated carbocycles. The van der Waals surface area contributed by atoms with E-state index in [0.717, 1.165) is 4.90 Å². The minimum Gasteiger partial charge on any atom is -0.507 e. The normalized spacial score (nSPS) is 10.2. The zero-order valence-corrected chi connectivity index (χ0v) is 11.7. The van der Waals surface area contributed by atoms with Crippen molar-refractivity contribution in [3.8, 4) is 5.75 Å². The summed E-state index contributed by atoms with van der Waals surface area (Å²) in [5, 5.41) is 10.6. The van der Waals surface area contributed by atoms with E-state index in [-0.39, 0.29) is 5.75 Å². The van der Waals surface area contributed by atoms with E-state index < -0.39 is 5.97 Å². The number of rotatable bonds is 3. The van der Waals surface area contributed by atoms with Crippen LogP contribution in [0.2, 0.25) is 5.02 Å². The Labute approximate surface area is 120 Å². The summed E-state index contributed by atoms with van der Waals surface area (Å²) in [5.74, 6) is -0.429. The van der Waals surface area contributed by atoms with Crippen molar-refractivity contribution in [2.75, 3.05) is 7.11 Å². The molecule has 0 saturated heterocycles. The van der Waals surface area contributed by atoms with Gasteiger partial charge >= 0.3 is 5.97 Å². The van der Waals surface area contributed by atoms with Crippen molar-refractivity contribution in [2.24, 2.45) is 0 Å². The summed E-state index contributed by atoms with van der Waals surface area (Å²) in [6.07, 6.45) is 0. The van der Waals surface area contributed by atoms with Gasteiger partial charge in [0, 0.05) is 9.92 Å². The molecule has 5 heteroatoms. The lowest BCUT2D eigenvalue weighted by Crippen LogP contribution is -2.00. The number of benzene rings is 2. The molecule has 0 aliphatic carbocycles. The van der Waals surface area contributed by atoms with Crippen molar-refractivity contribution in [1.82, 2.24) is 0 Å². The Morgan fingerprint density at radius 1 is 1.21 bits per heavy atom. The number of halogens is 1. The van der Waals surface area contributed by atoms with Crippen LogP contribution in [-0.2, 0) is 4.74 Å². The quantitative estimate of drug-likeness (QED) is 0.870. The van der Waals surface area contributed by atoms with Gasteiger partial charge in [-0.15, -0.1) is 0 Å². The van der Waals surface area contributed by atoms with Crippen LogP contribution in [0, 0.1) is 0 Å². The second kappa shape index (κ2) is 5.99. The lowest BCUT2D eigenvalue weighted by molar-refractivity contribution is 0.0600. The average Bonchev–Trinajstić information content (AvgIpc) is 2.42. The van der Waals surface area contributed by atoms with Crippen LogP contribution in [0.3, 0.4) is 0 Å². The van der Waals surface area contributed by atoms with E-state index in [0.29, 0.717) is 15.5 Å². The third-order valence-corrected chi connectivity index (χ3v) is 3.75. The van der Waals surface area contributed by atoms with E-state index in [1.165, 1.54) is 24.9 Å². The highest BCUT2D eigenvalue weighted by Crippen LogP contribution is 2.35. The molecular weight excluding hydrogens is 284 g/mol. The van der Waals surface area contributed by atoms with Crippen LogP contribution in [0.5, 0.6) is 5.75 Å². The molecule has 0 spiro atoms. The van der Waals surface area contributed by atoms with E-state index in [1.54, 1.807) is 24.3 Å². The molecule has 2 aromatic carbocycles. The third kappa shape index (κ3) is 3.43. The Kier molecular flexibility index (Phi) is 4.35. The molecule has 0 aliphatic rings. The number of hydrogen-bond acceptors (Lipinski definition) is 4. The molecule has 2 aromatic rings. The number of carbonyl (C=O) groups is 1. The van der Waals surface area contributed by atoms with E-state index in [2.05, 4.69) is 4.74 Å². The number of phenols is 1. The average molecular weight is 295 g/mol. The summed E-state index contributed by atoms with van der Waals surface area (Å²) in [6.45, 7) is 0. The van der Waals surface area contributed by atoms with E-state index in [1.807, 2.05) is 12.1 Å². The van der Waals surface area contributed by atoms with Gasteiger partial charge in [0.2, 0.25) is 0 Å². The van der Waals surface area contributed by atoms with Gasteiger partial charge in [-0.05, 0) is 42.5 Å². The summed E-state index contributed by atoms with van der Waals surface area (Å²) in [4.78, 5) is 12.9. The second-order valence-corrected chi connectivity index (χ2v) is 5.28. The monoisotopic (exact) mass is 294 g/mol. The Bertz CT molecular complexity index is 596. The number of ether oxygens (including phenoxy) is 1. The van der Waals surface area contributed by atoms with Crippen molar-refractivity contribution >= 4 is 29.3 Å². The number of methoxy groups -OCH3 is 1. The van der Waals surface area contributed by atoms with E-state index >= 15 is 0 Å². The smallest absolute Gasteiger partial charge is 0.337 e. The van der Waals surface area contributed by atoms with Crippen molar-refractivity contribution in [1.29, 1.82) is 0 Å². The van der Waals surface area contributed by atoms with Crippen LogP contribution in [0.1, 0.15) is 10.4 Å². The number of aromatic hydroxyl groups is 1. The Morgan fingerprint density at radius 2 is 1.89 bits per heavy atom. The molecule has 2 rings (SSSR count). The second-order valence-electron chi connectivity index (χ2n) is 3.73. The molecule has 0 unspecified atom stereocenters. The molecule has 0 fully saturated rings. The minimum atomic E-state index is -0.474. The highest BCUT2D eigenvalue weighted by Gasteiger charge is 2.10. The van der Waals surface area contributed by atoms with Crippen molar-refractivity contribution < 1.29 is 14.6 Å². The summed E-state index contributed by atoms with van der Waals surface area (Å²) < 4.78 is 4.59. The van der Waals surface area contributed by atoms with Gasteiger partial charge in [-0.3, -0.25) is 0 Å². The van der Waals surface area contributed by atoms with Gasteiger partial charge < -0.3 is 9.84 Å². The van der Waals surface area contributed by atoms with Gasteiger partial charge in [-0.25, -0.2) is 4.79 Å².